The zero-order chi connectivity index (χ0) is 13.5. The quantitative estimate of drug-likeness (QED) is 0.503. The summed E-state index contributed by atoms with van der Waals surface area (Å²) in [5.41, 5.74) is 0. The number of carboxylic acid groups (broad SMARTS) is 1. The van der Waals surface area contributed by atoms with Crippen LogP contribution in [-0.4, -0.2) is 55.7 Å². The molecule has 0 aromatic heterocycles. The maximum Gasteiger partial charge on any atom is 0.332 e. The van der Waals surface area contributed by atoms with Gasteiger partial charge in [0.05, 0.1) is 18.5 Å². The molecule has 0 heterocycles. The maximum absolute atomic E-state index is 11.3. The molecule has 102 valence electrons. The van der Waals surface area contributed by atoms with Gasteiger partial charge in [0.15, 0.2) is 6.10 Å². The van der Waals surface area contributed by atoms with Gasteiger partial charge in [0.2, 0.25) is 10.0 Å². The number of aliphatic hydroxyl groups excluding tert-OH is 1. The van der Waals surface area contributed by atoms with E-state index in [9.17, 15) is 13.2 Å². The van der Waals surface area contributed by atoms with Gasteiger partial charge in [-0.05, 0) is 20.3 Å². The van der Waals surface area contributed by atoms with Crippen molar-refractivity contribution in [2.75, 3.05) is 18.9 Å². The minimum Gasteiger partial charge on any atom is -0.479 e. The van der Waals surface area contributed by atoms with Crippen molar-refractivity contribution in [1.82, 2.24) is 4.72 Å². The number of hydrogen-bond acceptors (Lipinski definition) is 5. The molecule has 0 fully saturated rings. The van der Waals surface area contributed by atoms with Crippen molar-refractivity contribution in [1.29, 1.82) is 0 Å². The van der Waals surface area contributed by atoms with Crippen molar-refractivity contribution in [3.63, 3.8) is 0 Å². The molecule has 0 aromatic rings. The third kappa shape index (κ3) is 9.04. The zero-order valence-electron chi connectivity index (χ0n) is 9.92. The molecule has 0 rings (SSSR count). The Hall–Kier alpha value is -0.700. The van der Waals surface area contributed by atoms with Crippen LogP contribution in [0.25, 0.3) is 0 Å². The van der Waals surface area contributed by atoms with Gasteiger partial charge in [-0.2, -0.15) is 0 Å². The minimum absolute atomic E-state index is 0.0426. The van der Waals surface area contributed by atoms with Gasteiger partial charge in [0.25, 0.3) is 0 Å². The lowest BCUT2D eigenvalue weighted by Gasteiger charge is -2.10. The van der Waals surface area contributed by atoms with E-state index in [0.29, 0.717) is 0 Å². The Labute approximate surface area is 101 Å². The predicted molar refractivity (Wildman–Crippen MR) is 61.1 cm³/mol. The summed E-state index contributed by atoms with van der Waals surface area (Å²) in [4.78, 5) is 10.3. The summed E-state index contributed by atoms with van der Waals surface area (Å²) in [5.74, 6) is -1.55. The second kappa shape index (κ2) is 7.59. The fraction of sp³-hybridized carbons (Fsp3) is 0.889. The molecule has 0 spiro atoms. The van der Waals surface area contributed by atoms with E-state index in [0.717, 1.165) is 0 Å². The summed E-state index contributed by atoms with van der Waals surface area (Å²) in [7, 11) is -3.48. The van der Waals surface area contributed by atoms with Crippen molar-refractivity contribution in [3.05, 3.63) is 0 Å². The highest BCUT2D eigenvalue weighted by Gasteiger charge is 2.15. The van der Waals surface area contributed by atoms with Crippen LogP contribution in [0.5, 0.6) is 0 Å². The van der Waals surface area contributed by atoms with E-state index in [4.69, 9.17) is 14.9 Å². The van der Waals surface area contributed by atoms with Gasteiger partial charge in [-0.15, -0.1) is 0 Å². The average molecular weight is 269 g/mol. The fourth-order valence-corrected chi connectivity index (χ4v) is 1.83. The maximum atomic E-state index is 11.3. The zero-order valence-corrected chi connectivity index (χ0v) is 10.7. The van der Waals surface area contributed by atoms with Crippen molar-refractivity contribution in [2.24, 2.45) is 0 Å². The van der Waals surface area contributed by atoms with Crippen molar-refractivity contribution in [2.45, 2.75) is 32.5 Å². The number of carboxylic acids is 1. The molecule has 8 heteroatoms. The summed E-state index contributed by atoms with van der Waals surface area (Å²) in [6, 6.07) is 0. The lowest BCUT2D eigenvalue weighted by atomic mass is 10.3. The number of carbonyl (C=O) groups is 1. The van der Waals surface area contributed by atoms with Gasteiger partial charge in [0, 0.05) is 6.54 Å². The number of aliphatic carboxylic acids is 1. The van der Waals surface area contributed by atoms with Crippen molar-refractivity contribution >= 4 is 16.0 Å². The lowest BCUT2D eigenvalue weighted by molar-refractivity contribution is -0.146. The number of ether oxygens (including phenoxy) is 1. The van der Waals surface area contributed by atoms with Crippen molar-refractivity contribution < 1.29 is 28.2 Å². The molecule has 17 heavy (non-hydrogen) atoms. The summed E-state index contributed by atoms with van der Waals surface area (Å²) in [5, 5.41) is 17.3. The van der Waals surface area contributed by atoms with Crippen LogP contribution >= 0.6 is 0 Å². The topological polar surface area (TPSA) is 113 Å². The number of nitrogens with one attached hydrogen (secondary N) is 1. The lowest BCUT2D eigenvalue weighted by Crippen LogP contribution is -2.33. The highest BCUT2D eigenvalue weighted by Crippen LogP contribution is 1.94. The molecular formula is C9H19NO6S. The highest BCUT2D eigenvalue weighted by atomic mass is 32.2. The number of aliphatic hydroxyl groups is 1. The number of hydrogen-bond donors (Lipinski definition) is 3. The second-order valence-electron chi connectivity index (χ2n) is 3.78. The van der Waals surface area contributed by atoms with E-state index in [1.165, 1.54) is 0 Å². The third-order valence-corrected chi connectivity index (χ3v) is 3.18. The first-order valence-electron chi connectivity index (χ1n) is 5.24. The molecule has 0 aliphatic heterocycles. The predicted octanol–water partition coefficient (Wildman–Crippen LogP) is -0.834. The molecule has 0 aliphatic carbocycles. The Morgan fingerprint density at radius 1 is 1.41 bits per heavy atom. The van der Waals surface area contributed by atoms with E-state index in [2.05, 4.69) is 4.72 Å². The van der Waals surface area contributed by atoms with E-state index in [1.54, 1.807) is 13.8 Å². The average Bonchev–Trinajstić information content (AvgIpc) is 2.15. The van der Waals surface area contributed by atoms with Gasteiger partial charge in [-0.25, -0.2) is 17.9 Å². The second-order valence-corrected chi connectivity index (χ2v) is 5.70. The highest BCUT2D eigenvalue weighted by molar-refractivity contribution is 7.89. The van der Waals surface area contributed by atoms with Crippen LogP contribution in [0.15, 0.2) is 0 Å². The molecule has 1 atom stereocenters. The van der Waals surface area contributed by atoms with E-state index in [1.807, 2.05) is 0 Å². The normalized spacial score (nSPS) is 13.9. The van der Waals surface area contributed by atoms with Crippen molar-refractivity contribution in [3.8, 4) is 0 Å². The van der Waals surface area contributed by atoms with Gasteiger partial charge in [-0.3, -0.25) is 0 Å². The SMILES string of the molecule is CC(C)OCCS(=O)(=O)NCCC(O)C(=O)O. The van der Waals surface area contributed by atoms with Crippen LogP contribution in [0.4, 0.5) is 0 Å². The monoisotopic (exact) mass is 269 g/mol. The van der Waals surface area contributed by atoms with Gasteiger partial charge >= 0.3 is 5.97 Å². The molecule has 0 amide bonds. The Morgan fingerprint density at radius 2 is 2.00 bits per heavy atom. The minimum atomic E-state index is -3.48. The molecule has 0 aromatic carbocycles. The van der Waals surface area contributed by atoms with Crippen LogP contribution in [0, 0.1) is 0 Å². The van der Waals surface area contributed by atoms with E-state index in [-0.39, 0.29) is 31.4 Å². The van der Waals surface area contributed by atoms with Gasteiger partial charge in [0.1, 0.15) is 0 Å². The Balaban J connectivity index is 3.82. The summed E-state index contributed by atoms with van der Waals surface area (Å²) >= 11 is 0. The Kier molecular flexibility index (Phi) is 7.28. The Morgan fingerprint density at radius 3 is 2.47 bits per heavy atom. The molecular weight excluding hydrogens is 250 g/mol. The first-order chi connectivity index (χ1) is 7.74. The fourth-order valence-electron chi connectivity index (χ4n) is 0.940. The third-order valence-electron chi connectivity index (χ3n) is 1.83. The number of sulfonamides is 1. The largest absolute Gasteiger partial charge is 0.479 e. The van der Waals surface area contributed by atoms with Gasteiger partial charge in [-0.1, -0.05) is 0 Å². The Bertz CT molecular complexity index is 326. The van der Waals surface area contributed by atoms with Gasteiger partial charge < -0.3 is 14.9 Å². The van der Waals surface area contributed by atoms with Crippen LogP contribution in [0.2, 0.25) is 0 Å². The summed E-state index contributed by atoms with van der Waals surface area (Å²) in [6.07, 6.45) is -1.76. The molecule has 0 saturated heterocycles. The van der Waals surface area contributed by atoms with Crippen LogP contribution in [-0.2, 0) is 19.6 Å². The molecule has 0 saturated carbocycles. The van der Waals surface area contributed by atoms with E-state index < -0.39 is 22.1 Å². The summed E-state index contributed by atoms with van der Waals surface area (Å²) in [6.45, 7) is 3.55. The van der Waals surface area contributed by atoms with Crippen LogP contribution in [0.3, 0.4) is 0 Å². The molecule has 3 N–H and O–H groups in total. The smallest absolute Gasteiger partial charge is 0.332 e. The first-order valence-corrected chi connectivity index (χ1v) is 6.89. The van der Waals surface area contributed by atoms with Crippen LogP contribution < -0.4 is 4.72 Å². The van der Waals surface area contributed by atoms with E-state index >= 15 is 0 Å². The first kappa shape index (κ1) is 16.3. The molecule has 0 radical (unpaired) electrons. The molecule has 0 bridgehead atoms. The van der Waals surface area contributed by atoms with Crippen LogP contribution in [0.1, 0.15) is 20.3 Å². The molecule has 1 unspecified atom stereocenters. The number of rotatable bonds is 9. The molecule has 0 aliphatic rings. The standard InChI is InChI=1S/C9H19NO6S/c1-7(2)16-5-6-17(14,15)10-4-3-8(11)9(12)13/h7-8,10-11H,3-6H2,1-2H3,(H,12,13). The molecule has 7 nitrogen and oxygen atoms in total. The summed E-state index contributed by atoms with van der Waals surface area (Å²) < 4.78 is 30.0.